The van der Waals surface area contributed by atoms with Crippen molar-refractivity contribution in [3.63, 3.8) is 0 Å². The van der Waals surface area contributed by atoms with Gasteiger partial charge in [-0.15, -0.1) is 0 Å². The van der Waals surface area contributed by atoms with Gasteiger partial charge in [-0.05, 0) is 81.5 Å². The number of carbonyl (C=O) groups excluding carboxylic acids is 4. The largest absolute Gasteiger partial charge is 0.462 e. The maximum absolute atomic E-state index is 14.5. The molecule has 2 N–H and O–H groups in total. The monoisotopic (exact) mass is 588 g/mol. The molecule has 0 aliphatic heterocycles. The van der Waals surface area contributed by atoms with Gasteiger partial charge < -0.3 is 19.7 Å². The molecule has 0 aromatic rings. The molecule has 4 rings (SSSR count). The zero-order valence-corrected chi connectivity index (χ0v) is 27.2. The first-order chi connectivity index (χ1) is 19.1. The summed E-state index contributed by atoms with van der Waals surface area (Å²) in [5.74, 6) is -1.44. The van der Waals surface area contributed by atoms with Crippen molar-refractivity contribution < 1.29 is 38.9 Å². The van der Waals surface area contributed by atoms with Crippen LogP contribution >= 0.6 is 0 Å². The molecule has 236 valence electrons. The predicted molar refractivity (Wildman–Crippen MR) is 157 cm³/mol. The Kier molecular flexibility index (Phi) is 8.24. The summed E-state index contributed by atoms with van der Waals surface area (Å²) in [4.78, 5) is 51.5. The van der Waals surface area contributed by atoms with Crippen LogP contribution in [0.3, 0.4) is 0 Å². The molecular formula is C34H52O8. The van der Waals surface area contributed by atoms with E-state index < -0.39 is 63.4 Å². The van der Waals surface area contributed by atoms with Crippen molar-refractivity contribution in [2.24, 2.45) is 45.3 Å². The lowest BCUT2D eigenvalue weighted by molar-refractivity contribution is -0.180. The zero-order valence-electron chi connectivity index (χ0n) is 27.2. The van der Waals surface area contributed by atoms with Crippen LogP contribution < -0.4 is 0 Å². The summed E-state index contributed by atoms with van der Waals surface area (Å²) >= 11 is 0. The van der Waals surface area contributed by atoms with E-state index in [1.54, 1.807) is 13.8 Å². The third-order valence-corrected chi connectivity index (χ3v) is 12.5. The van der Waals surface area contributed by atoms with Crippen LogP contribution in [-0.2, 0) is 28.7 Å². The van der Waals surface area contributed by atoms with Gasteiger partial charge >= 0.3 is 11.9 Å². The highest BCUT2D eigenvalue weighted by Gasteiger charge is 2.72. The van der Waals surface area contributed by atoms with E-state index in [4.69, 9.17) is 9.47 Å². The fourth-order valence-corrected chi connectivity index (χ4v) is 10.0. The Hall–Kier alpha value is -2.06. The highest BCUT2D eigenvalue weighted by atomic mass is 16.6. The van der Waals surface area contributed by atoms with Crippen LogP contribution in [0.1, 0.15) is 108 Å². The van der Waals surface area contributed by atoms with E-state index in [2.05, 4.69) is 26.8 Å². The van der Waals surface area contributed by atoms with Crippen molar-refractivity contribution in [1.29, 1.82) is 0 Å². The van der Waals surface area contributed by atoms with Gasteiger partial charge in [-0.1, -0.05) is 39.3 Å². The van der Waals surface area contributed by atoms with Gasteiger partial charge in [0.25, 0.3) is 0 Å². The van der Waals surface area contributed by atoms with Crippen molar-refractivity contribution >= 4 is 23.5 Å². The second-order valence-corrected chi connectivity index (χ2v) is 15.6. The van der Waals surface area contributed by atoms with Gasteiger partial charge in [0.1, 0.15) is 23.8 Å². The lowest BCUT2D eigenvalue weighted by Crippen LogP contribution is -2.63. The number of esters is 2. The number of fused-ring (bicyclic) bond motifs is 5. The summed E-state index contributed by atoms with van der Waals surface area (Å²) in [7, 11) is 0. The summed E-state index contributed by atoms with van der Waals surface area (Å²) in [5, 5.41) is 22.6. The summed E-state index contributed by atoms with van der Waals surface area (Å²) in [5.41, 5.74) is -2.50. The van der Waals surface area contributed by atoms with Crippen molar-refractivity contribution in [3.8, 4) is 0 Å². The van der Waals surface area contributed by atoms with E-state index in [0.29, 0.717) is 25.7 Å². The maximum Gasteiger partial charge on any atom is 0.303 e. The summed E-state index contributed by atoms with van der Waals surface area (Å²) < 4.78 is 11.3. The minimum absolute atomic E-state index is 0.00323. The van der Waals surface area contributed by atoms with E-state index in [1.165, 1.54) is 13.8 Å². The summed E-state index contributed by atoms with van der Waals surface area (Å²) in [6.45, 7) is 18.0. The van der Waals surface area contributed by atoms with Gasteiger partial charge in [0.15, 0.2) is 0 Å². The molecule has 8 heteroatoms. The number of aliphatic hydroxyl groups is 2. The van der Waals surface area contributed by atoms with E-state index in [0.717, 1.165) is 5.57 Å². The fourth-order valence-electron chi connectivity index (χ4n) is 10.0. The van der Waals surface area contributed by atoms with Gasteiger partial charge in [-0.25, -0.2) is 0 Å². The van der Waals surface area contributed by atoms with Crippen LogP contribution in [0.15, 0.2) is 11.6 Å². The van der Waals surface area contributed by atoms with Gasteiger partial charge in [0, 0.05) is 43.9 Å². The number of hydrogen-bond acceptors (Lipinski definition) is 8. The smallest absolute Gasteiger partial charge is 0.303 e. The number of aliphatic hydroxyl groups excluding tert-OH is 1. The molecule has 3 saturated carbocycles. The number of ether oxygens (including phenoxy) is 2. The van der Waals surface area contributed by atoms with Gasteiger partial charge in [-0.2, -0.15) is 0 Å². The van der Waals surface area contributed by atoms with Crippen LogP contribution in [0.5, 0.6) is 0 Å². The first-order valence-electron chi connectivity index (χ1n) is 15.6. The molecule has 10 atom stereocenters. The molecule has 3 fully saturated rings. The SMILES string of the molecule is CC(=O)OC(CC(OC(C)=O)C(C)(C)O)C(C)C1C(O)CC2(C)C3CC=C4C(CCC(=O)C4(C)C)C3(C)C(=O)CC12C. The number of ketones is 2. The highest BCUT2D eigenvalue weighted by Crippen LogP contribution is 2.74. The average Bonchev–Trinajstić information content (AvgIpc) is 3.04. The quantitative estimate of drug-likeness (QED) is 0.315. The molecule has 0 spiro atoms. The predicted octanol–water partition coefficient (Wildman–Crippen LogP) is 4.97. The Bertz CT molecular complexity index is 1180. The molecule has 0 aromatic carbocycles. The highest BCUT2D eigenvalue weighted by molar-refractivity contribution is 5.92. The molecule has 0 aromatic heterocycles. The summed E-state index contributed by atoms with van der Waals surface area (Å²) in [6.07, 6.45) is 2.45. The lowest BCUT2D eigenvalue weighted by atomic mass is 9.38. The third kappa shape index (κ3) is 4.89. The molecule has 0 heterocycles. The Balaban J connectivity index is 1.74. The van der Waals surface area contributed by atoms with Crippen molar-refractivity contribution in [2.45, 2.75) is 132 Å². The number of carbonyl (C=O) groups is 4. The molecule has 0 bridgehead atoms. The Morgan fingerprint density at radius 1 is 1.02 bits per heavy atom. The molecule has 4 aliphatic carbocycles. The Labute approximate surface area is 251 Å². The van der Waals surface area contributed by atoms with E-state index in [-0.39, 0.29) is 42.2 Å². The number of hydrogen-bond donors (Lipinski definition) is 2. The first-order valence-corrected chi connectivity index (χ1v) is 15.6. The molecule has 8 nitrogen and oxygen atoms in total. The van der Waals surface area contributed by atoms with Crippen molar-refractivity contribution in [3.05, 3.63) is 11.6 Å². The Morgan fingerprint density at radius 2 is 1.62 bits per heavy atom. The average molecular weight is 589 g/mol. The zero-order chi connectivity index (χ0) is 31.8. The van der Waals surface area contributed by atoms with Crippen LogP contribution in [0.25, 0.3) is 0 Å². The van der Waals surface area contributed by atoms with E-state index in [9.17, 15) is 29.4 Å². The van der Waals surface area contributed by atoms with Gasteiger partial charge in [0.2, 0.25) is 0 Å². The van der Waals surface area contributed by atoms with E-state index in [1.807, 2.05) is 20.8 Å². The van der Waals surface area contributed by atoms with Crippen LogP contribution in [0.2, 0.25) is 0 Å². The standard InChI is InChI=1S/C34H52O8/c1-18(24(41-19(2)35)15-28(31(6,7)40)42-20(3)36)29-23(37)16-32(8)25-13-11-21-22(12-14-26(38)30(21,4)5)34(25,10)27(39)17-33(29,32)9/h11,18,22-25,28-29,37,40H,12-17H2,1-10H3. The van der Waals surface area contributed by atoms with Crippen molar-refractivity contribution in [2.75, 3.05) is 0 Å². The molecule has 0 radical (unpaired) electrons. The lowest BCUT2D eigenvalue weighted by Gasteiger charge is -2.64. The molecule has 4 aliphatic rings. The second-order valence-electron chi connectivity index (χ2n) is 15.6. The molecule has 0 amide bonds. The topological polar surface area (TPSA) is 127 Å². The third-order valence-electron chi connectivity index (χ3n) is 12.5. The number of allylic oxidation sites excluding steroid dienone is 2. The fraction of sp³-hybridized carbons (Fsp3) is 0.824. The van der Waals surface area contributed by atoms with E-state index >= 15 is 0 Å². The van der Waals surface area contributed by atoms with Crippen molar-refractivity contribution in [1.82, 2.24) is 0 Å². The molecule has 0 saturated heterocycles. The minimum Gasteiger partial charge on any atom is -0.462 e. The second kappa shape index (κ2) is 10.5. The van der Waals surface area contributed by atoms with Crippen LogP contribution in [0, 0.1) is 45.3 Å². The Morgan fingerprint density at radius 3 is 2.17 bits per heavy atom. The molecule has 42 heavy (non-hydrogen) atoms. The normalized spacial score (nSPS) is 39.7. The van der Waals surface area contributed by atoms with Crippen LogP contribution in [0.4, 0.5) is 0 Å². The number of Topliss-reactive ketones (excluding diaryl/α,β-unsaturated/α-hetero) is 2. The first kappa shape index (κ1) is 32.8. The molecule has 10 unspecified atom stereocenters. The minimum atomic E-state index is -1.39. The number of rotatable bonds is 7. The van der Waals surface area contributed by atoms with Crippen LogP contribution in [-0.4, -0.2) is 57.6 Å². The van der Waals surface area contributed by atoms with Gasteiger partial charge in [-0.3, -0.25) is 19.2 Å². The molecular weight excluding hydrogens is 536 g/mol. The maximum atomic E-state index is 14.5. The van der Waals surface area contributed by atoms with Gasteiger partial charge in [0.05, 0.1) is 11.7 Å². The summed E-state index contributed by atoms with van der Waals surface area (Å²) in [6, 6.07) is 0.